The summed E-state index contributed by atoms with van der Waals surface area (Å²) in [7, 11) is 4.29. The first-order valence-electron chi connectivity index (χ1n) is 7.86. The molecule has 3 nitrogen and oxygen atoms in total. The predicted octanol–water partition coefficient (Wildman–Crippen LogP) is 2.71. The second-order valence-electron chi connectivity index (χ2n) is 6.75. The van der Waals surface area contributed by atoms with Crippen LogP contribution in [-0.2, 0) is 6.42 Å². The lowest BCUT2D eigenvalue weighted by molar-refractivity contribution is 0.0373. The highest BCUT2D eigenvalue weighted by atomic mass is 19.1. The number of nitrogens with zero attached hydrogens (tertiary/aromatic N) is 1. The fourth-order valence-corrected chi connectivity index (χ4v) is 3.86. The molecule has 1 aromatic rings. The summed E-state index contributed by atoms with van der Waals surface area (Å²) < 4.78 is 13.1. The quantitative estimate of drug-likeness (QED) is 0.648. The van der Waals surface area contributed by atoms with Crippen LogP contribution in [0.25, 0.3) is 0 Å². The molecule has 0 saturated heterocycles. The zero-order valence-electron chi connectivity index (χ0n) is 13.4. The average Bonchev–Trinajstić information content (AvgIpc) is 2.46. The van der Waals surface area contributed by atoms with Crippen molar-refractivity contribution in [2.75, 3.05) is 14.1 Å². The van der Waals surface area contributed by atoms with E-state index < -0.39 is 0 Å². The molecular weight excluding hydrogens is 265 g/mol. The summed E-state index contributed by atoms with van der Waals surface area (Å²) in [6.07, 6.45) is 5.66. The van der Waals surface area contributed by atoms with Gasteiger partial charge in [0.25, 0.3) is 0 Å². The number of halogens is 1. The molecule has 2 rings (SSSR count). The minimum absolute atomic E-state index is 0.0702. The van der Waals surface area contributed by atoms with E-state index in [0.29, 0.717) is 5.92 Å². The molecule has 118 valence electrons. The maximum absolute atomic E-state index is 13.1. The third-order valence-corrected chi connectivity index (χ3v) is 5.10. The van der Waals surface area contributed by atoms with Crippen molar-refractivity contribution < 1.29 is 4.39 Å². The van der Waals surface area contributed by atoms with E-state index in [1.165, 1.54) is 25.0 Å². The van der Waals surface area contributed by atoms with E-state index in [9.17, 15) is 4.39 Å². The van der Waals surface area contributed by atoms with Gasteiger partial charge < -0.3 is 4.90 Å². The van der Waals surface area contributed by atoms with Crippen LogP contribution in [0.15, 0.2) is 24.3 Å². The summed E-state index contributed by atoms with van der Waals surface area (Å²) in [4.78, 5) is 2.33. The van der Waals surface area contributed by atoms with E-state index in [0.717, 1.165) is 24.8 Å². The van der Waals surface area contributed by atoms with Crippen LogP contribution in [0.5, 0.6) is 0 Å². The van der Waals surface area contributed by atoms with Crippen LogP contribution in [0, 0.1) is 11.7 Å². The lowest BCUT2D eigenvalue weighted by atomic mass is 9.70. The van der Waals surface area contributed by atoms with Gasteiger partial charge in [-0.05, 0) is 57.0 Å². The van der Waals surface area contributed by atoms with Gasteiger partial charge in [-0.3, -0.25) is 11.3 Å². The van der Waals surface area contributed by atoms with Gasteiger partial charge in [0.05, 0.1) is 0 Å². The van der Waals surface area contributed by atoms with Crippen LogP contribution < -0.4 is 11.3 Å². The molecule has 1 saturated carbocycles. The number of hydrogen-bond acceptors (Lipinski definition) is 3. The van der Waals surface area contributed by atoms with Crippen molar-refractivity contribution in [1.82, 2.24) is 10.3 Å². The van der Waals surface area contributed by atoms with Gasteiger partial charge in [-0.1, -0.05) is 31.9 Å². The van der Waals surface area contributed by atoms with Crippen molar-refractivity contribution in [2.45, 2.75) is 50.6 Å². The Morgan fingerprint density at radius 1 is 1.38 bits per heavy atom. The number of nitrogens with one attached hydrogen (secondary N) is 1. The fraction of sp³-hybridized carbons (Fsp3) is 0.647. The zero-order chi connectivity index (χ0) is 15.5. The predicted molar refractivity (Wildman–Crippen MR) is 85.3 cm³/mol. The molecule has 0 amide bonds. The molecule has 1 fully saturated rings. The van der Waals surface area contributed by atoms with Crippen molar-refractivity contribution in [2.24, 2.45) is 11.8 Å². The van der Waals surface area contributed by atoms with Crippen LogP contribution in [0.4, 0.5) is 4.39 Å². The average molecular weight is 293 g/mol. The first-order chi connectivity index (χ1) is 9.98. The molecule has 1 aromatic carbocycles. The van der Waals surface area contributed by atoms with Crippen LogP contribution in [-0.4, -0.2) is 30.6 Å². The Kier molecular flexibility index (Phi) is 5.36. The van der Waals surface area contributed by atoms with Gasteiger partial charge in [0.15, 0.2) is 0 Å². The molecule has 0 bridgehead atoms. The molecule has 1 aliphatic carbocycles. The summed E-state index contributed by atoms with van der Waals surface area (Å²) in [6, 6.07) is 6.93. The second kappa shape index (κ2) is 6.86. The van der Waals surface area contributed by atoms with E-state index in [1.807, 2.05) is 12.1 Å². The van der Waals surface area contributed by atoms with Crippen LogP contribution >= 0.6 is 0 Å². The van der Waals surface area contributed by atoms with Crippen molar-refractivity contribution >= 4 is 0 Å². The minimum Gasteiger partial charge on any atom is -0.302 e. The van der Waals surface area contributed by atoms with Crippen LogP contribution in [0.3, 0.4) is 0 Å². The smallest absolute Gasteiger partial charge is 0.123 e. The zero-order valence-corrected chi connectivity index (χ0v) is 13.4. The van der Waals surface area contributed by atoms with Gasteiger partial charge in [0, 0.05) is 11.6 Å². The van der Waals surface area contributed by atoms with E-state index in [-0.39, 0.29) is 17.4 Å². The van der Waals surface area contributed by atoms with E-state index in [2.05, 4.69) is 31.3 Å². The highest BCUT2D eigenvalue weighted by molar-refractivity contribution is 5.19. The van der Waals surface area contributed by atoms with Gasteiger partial charge in [0.2, 0.25) is 0 Å². The molecular formula is C17H28FN3. The van der Waals surface area contributed by atoms with E-state index in [1.54, 1.807) is 0 Å². The number of likely N-dealkylation sites (N-methyl/N-ethyl adjacent to an activating group) is 1. The lowest BCUT2D eigenvalue weighted by Crippen LogP contribution is -2.63. The molecule has 0 heterocycles. The molecule has 4 heteroatoms. The van der Waals surface area contributed by atoms with Crippen molar-refractivity contribution in [1.29, 1.82) is 0 Å². The molecule has 3 atom stereocenters. The molecule has 0 spiro atoms. The summed E-state index contributed by atoms with van der Waals surface area (Å²) in [5.41, 5.74) is 4.24. The SMILES string of the molecule is CC1CCCC(C(Cc2ccc(F)cc2)NN)(N(C)C)C1. The van der Waals surface area contributed by atoms with E-state index >= 15 is 0 Å². The summed E-state index contributed by atoms with van der Waals surface area (Å²) in [6.45, 7) is 2.32. The van der Waals surface area contributed by atoms with Crippen molar-refractivity contribution in [3.8, 4) is 0 Å². The van der Waals surface area contributed by atoms with Crippen molar-refractivity contribution in [3.05, 3.63) is 35.6 Å². The largest absolute Gasteiger partial charge is 0.302 e. The maximum atomic E-state index is 13.1. The molecule has 0 radical (unpaired) electrons. The molecule has 21 heavy (non-hydrogen) atoms. The van der Waals surface area contributed by atoms with E-state index in [4.69, 9.17) is 5.84 Å². The number of benzene rings is 1. The van der Waals surface area contributed by atoms with Gasteiger partial charge in [0.1, 0.15) is 5.82 Å². The number of nitrogens with two attached hydrogens (primary N) is 1. The molecule has 0 aliphatic heterocycles. The summed E-state index contributed by atoms with van der Waals surface area (Å²) >= 11 is 0. The molecule has 3 unspecified atom stereocenters. The Morgan fingerprint density at radius 3 is 2.57 bits per heavy atom. The Morgan fingerprint density at radius 2 is 2.05 bits per heavy atom. The Labute approximate surface area is 127 Å². The Balaban J connectivity index is 2.21. The second-order valence-corrected chi connectivity index (χ2v) is 6.75. The maximum Gasteiger partial charge on any atom is 0.123 e. The topological polar surface area (TPSA) is 41.3 Å². The molecule has 1 aliphatic rings. The van der Waals surface area contributed by atoms with Crippen molar-refractivity contribution in [3.63, 3.8) is 0 Å². The van der Waals surface area contributed by atoms with Gasteiger partial charge in [-0.2, -0.15) is 0 Å². The minimum atomic E-state index is -0.190. The number of rotatable bonds is 5. The summed E-state index contributed by atoms with van der Waals surface area (Å²) in [5.74, 6) is 6.42. The monoisotopic (exact) mass is 293 g/mol. The first-order valence-corrected chi connectivity index (χ1v) is 7.86. The third-order valence-electron chi connectivity index (χ3n) is 5.10. The van der Waals surface area contributed by atoms with Gasteiger partial charge in [-0.15, -0.1) is 0 Å². The Hall–Kier alpha value is -0.970. The summed E-state index contributed by atoms with van der Waals surface area (Å²) in [5, 5.41) is 0. The normalized spacial score (nSPS) is 27.8. The molecule has 0 aromatic heterocycles. The van der Waals surface area contributed by atoms with Crippen LogP contribution in [0.1, 0.15) is 38.2 Å². The lowest BCUT2D eigenvalue weighted by Gasteiger charge is -2.50. The molecule has 3 N–H and O–H groups in total. The number of hydrazine groups is 1. The van der Waals surface area contributed by atoms with Gasteiger partial charge in [-0.25, -0.2) is 4.39 Å². The third kappa shape index (κ3) is 3.62. The highest BCUT2D eigenvalue weighted by Gasteiger charge is 2.43. The van der Waals surface area contributed by atoms with Crippen LogP contribution in [0.2, 0.25) is 0 Å². The fourth-order valence-electron chi connectivity index (χ4n) is 3.86. The Bertz CT molecular complexity index is 446. The standard InChI is InChI=1S/C17H28FN3/c1-13-5-4-10-17(12-13,21(2)3)16(20-19)11-14-6-8-15(18)9-7-14/h6-9,13,16,20H,4-5,10-12,19H2,1-3H3. The van der Waals surface area contributed by atoms with Gasteiger partial charge >= 0.3 is 0 Å². The first kappa shape index (κ1) is 16.4. The number of hydrogen-bond donors (Lipinski definition) is 2. The highest BCUT2D eigenvalue weighted by Crippen LogP contribution is 2.38.